The molecule has 0 aromatic carbocycles. The van der Waals surface area contributed by atoms with Gasteiger partial charge in [0.15, 0.2) is 0 Å². The topological polar surface area (TPSA) is 70.2 Å². The molecule has 1 spiro atoms. The van der Waals surface area contributed by atoms with Gasteiger partial charge in [-0.1, -0.05) is 6.92 Å². The molecule has 0 saturated carbocycles. The number of carbonyl (C=O) groups excluding carboxylic acids is 1. The average Bonchev–Trinajstić information content (AvgIpc) is 3.41. The summed E-state index contributed by atoms with van der Waals surface area (Å²) in [5, 5.41) is 0. The van der Waals surface area contributed by atoms with Crippen LogP contribution >= 0.6 is 0 Å². The summed E-state index contributed by atoms with van der Waals surface area (Å²) in [5.74, 6) is 0.486. The van der Waals surface area contributed by atoms with E-state index in [0.717, 1.165) is 71.2 Å². The summed E-state index contributed by atoms with van der Waals surface area (Å²) in [4.78, 5) is 17.2. The van der Waals surface area contributed by atoms with Crippen LogP contribution in [0.3, 0.4) is 0 Å². The number of hydrogen-bond acceptors (Lipinski definition) is 5. The highest BCUT2D eigenvalue weighted by molar-refractivity contribution is 7.89. The molecule has 4 rings (SSSR count). The summed E-state index contributed by atoms with van der Waals surface area (Å²) in [6.07, 6.45) is 5.77. The molecule has 0 aromatic rings. The Morgan fingerprint density at radius 3 is 2.63 bits per heavy atom. The van der Waals surface area contributed by atoms with E-state index in [2.05, 4.69) is 11.8 Å². The Labute approximate surface area is 163 Å². The van der Waals surface area contributed by atoms with Gasteiger partial charge in [0.1, 0.15) is 6.10 Å². The van der Waals surface area contributed by atoms with Gasteiger partial charge in [-0.05, 0) is 45.1 Å². The van der Waals surface area contributed by atoms with Crippen LogP contribution in [0.2, 0.25) is 0 Å². The fourth-order valence-electron chi connectivity index (χ4n) is 5.26. The molecule has 4 fully saturated rings. The summed E-state index contributed by atoms with van der Waals surface area (Å²) < 4.78 is 31.5. The molecule has 0 N–H and O–H groups in total. The Kier molecular flexibility index (Phi) is 5.53. The van der Waals surface area contributed by atoms with Crippen LogP contribution in [0.4, 0.5) is 0 Å². The number of nitrogens with zero attached hydrogens (tertiary/aromatic N) is 3. The van der Waals surface area contributed by atoms with Gasteiger partial charge in [-0.2, -0.15) is 0 Å². The van der Waals surface area contributed by atoms with E-state index in [9.17, 15) is 13.2 Å². The second kappa shape index (κ2) is 7.61. The monoisotopic (exact) mass is 399 g/mol. The van der Waals surface area contributed by atoms with Crippen molar-refractivity contribution < 1.29 is 17.9 Å². The van der Waals surface area contributed by atoms with E-state index >= 15 is 0 Å². The van der Waals surface area contributed by atoms with Gasteiger partial charge >= 0.3 is 0 Å². The molecule has 3 atom stereocenters. The van der Waals surface area contributed by atoms with Gasteiger partial charge in [-0.15, -0.1) is 0 Å². The van der Waals surface area contributed by atoms with Gasteiger partial charge in [-0.25, -0.2) is 12.7 Å². The number of carbonyl (C=O) groups is 1. The Bertz CT molecular complexity index is 670. The minimum atomic E-state index is -3.00. The molecular formula is C19H33N3O4S. The molecule has 4 heterocycles. The number of amides is 1. The van der Waals surface area contributed by atoms with Crippen molar-refractivity contribution in [2.75, 3.05) is 51.6 Å². The van der Waals surface area contributed by atoms with Crippen LogP contribution in [0.1, 0.15) is 45.4 Å². The maximum Gasteiger partial charge on any atom is 0.251 e. The standard InChI is InChI=1S/C19H33N3O4S/c1-2-16-4-5-17(26-16)18(23)21-10-7-19(15-21)6-9-20(14-19)11-12-22-8-3-13-27(22,24)25/h16-17H,2-15H2,1H3. The third-order valence-corrected chi connectivity index (χ3v) is 8.93. The summed E-state index contributed by atoms with van der Waals surface area (Å²) in [6, 6.07) is 0. The number of likely N-dealkylation sites (tertiary alicyclic amines) is 2. The van der Waals surface area contributed by atoms with Crippen LogP contribution < -0.4 is 0 Å². The normalized spacial score (nSPS) is 37.0. The Morgan fingerprint density at radius 1 is 1.11 bits per heavy atom. The lowest BCUT2D eigenvalue weighted by atomic mass is 9.86. The molecule has 3 unspecified atom stereocenters. The minimum absolute atomic E-state index is 0.185. The number of sulfonamides is 1. The molecule has 0 radical (unpaired) electrons. The fourth-order valence-corrected chi connectivity index (χ4v) is 6.78. The third-order valence-electron chi connectivity index (χ3n) is 6.97. The summed E-state index contributed by atoms with van der Waals surface area (Å²) in [7, 11) is -3.00. The smallest absolute Gasteiger partial charge is 0.251 e. The molecule has 4 saturated heterocycles. The van der Waals surface area contributed by atoms with Gasteiger partial charge in [-0.3, -0.25) is 4.79 Å². The number of ether oxygens (including phenoxy) is 1. The van der Waals surface area contributed by atoms with Gasteiger partial charge in [0.2, 0.25) is 10.0 Å². The SMILES string of the molecule is CCC1CCC(C(=O)N2CCC3(CCN(CCN4CCCS4(=O)=O)C3)C2)O1. The Balaban J connectivity index is 1.27. The van der Waals surface area contributed by atoms with Crippen LogP contribution in [0.15, 0.2) is 0 Å². The van der Waals surface area contributed by atoms with Crippen molar-refractivity contribution in [3.05, 3.63) is 0 Å². The molecule has 154 valence electrons. The molecule has 4 aliphatic heterocycles. The fraction of sp³-hybridized carbons (Fsp3) is 0.947. The van der Waals surface area contributed by atoms with Crippen LogP contribution in [-0.2, 0) is 19.6 Å². The van der Waals surface area contributed by atoms with Crippen LogP contribution in [-0.4, -0.2) is 92.2 Å². The predicted molar refractivity (Wildman–Crippen MR) is 103 cm³/mol. The average molecular weight is 400 g/mol. The van der Waals surface area contributed by atoms with Crippen molar-refractivity contribution in [3.8, 4) is 0 Å². The van der Waals surface area contributed by atoms with Gasteiger partial charge in [0.25, 0.3) is 5.91 Å². The molecule has 0 aromatic heterocycles. The molecule has 4 aliphatic rings. The number of hydrogen-bond donors (Lipinski definition) is 0. The predicted octanol–water partition coefficient (Wildman–Crippen LogP) is 0.904. The van der Waals surface area contributed by atoms with Crippen LogP contribution in [0, 0.1) is 5.41 Å². The van der Waals surface area contributed by atoms with E-state index in [0.29, 0.717) is 18.8 Å². The largest absolute Gasteiger partial charge is 0.365 e. The maximum absolute atomic E-state index is 12.8. The lowest BCUT2D eigenvalue weighted by molar-refractivity contribution is -0.142. The first-order chi connectivity index (χ1) is 12.9. The van der Waals surface area contributed by atoms with Crippen molar-refractivity contribution in [1.29, 1.82) is 0 Å². The van der Waals surface area contributed by atoms with E-state index in [1.165, 1.54) is 0 Å². The van der Waals surface area contributed by atoms with Crippen molar-refractivity contribution in [3.63, 3.8) is 0 Å². The zero-order valence-corrected chi connectivity index (χ0v) is 17.3. The quantitative estimate of drug-likeness (QED) is 0.687. The third kappa shape index (κ3) is 4.04. The number of rotatable bonds is 5. The van der Waals surface area contributed by atoms with Crippen LogP contribution in [0.5, 0.6) is 0 Å². The van der Waals surface area contributed by atoms with E-state index < -0.39 is 10.0 Å². The highest BCUT2D eigenvalue weighted by Gasteiger charge is 2.46. The molecule has 7 nitrogen and oxygen atoms in total. The Morgan fingerprint density at radius 2 is 1.93 bits per heavy atom. The first-order valence-corrected chi connectivity index (χ1v) is 12.2. The molecule has 0 bridgehead atoms. The molecule has 1 amide bonds. The van der Waals surface area contributed by atoms with Crippen molar-refractivity contribution >= 4 is 15.9 Å². The lowest BCUT2D eigenvalue weighted by Crippen LogP contribution is -2.40. The second-order valence-corrected chi connectivity index (χ2v) is 10.9. The first kappa shape index (κ1) is 19.6. The maximum atomic E-state index is 12.8. The van der Waals surface area contributed by atoms with Gasteiger partial charge in [0.05, 0.1) is 11.9 Å². The highest BCUT2D eigenvalue weighted by atomic mass is 32.2. The van der Waals surface area contributed by atoms with Gasteiger partial charge < -0.3 is 14.5 Å². The Hall–Kier alpha value is -0.700. The van der Waals surface area contributed by atoms with Gasteiger partial charge in [0, 0.05) is 44.7 Å². The minimum Gasteiger partial charge on any atom is -0.365 e. The molecular weight excluding hydrogens is 366 g/mol. The first-order valence-electron chi connectivity index (χ1n) is 10.6. The van der Waals surface area contributed by atoms with Crippen LogP contribution in [0.25, 0.3) is 0 Å². The molecule has 8 heteroatoms. The second-order valence-electron chi connectivity index (χ2n) is 8.84. The molecule has 0 aliphatic carbocycles. The van der Waals surface area contributed by atoms with E-state index in [-0.39, 0.29) is 23.5 Å². The van der Waals surface area contributed by atoms with Crippen molar-refractivity contribution in [2.45, 2.75) is 57.7 Å². The van der Waals surface area contributed by atoms with Crippen molar-refractivity contribution in [1.82, 2.24) is 14.1 Å². The lowest BCUT2D eigenvalue weighted by Gasteiger charge is -2.26. The zero-order valence-electron chi connectivity index (χ0n) is 16.4. The van der Waals surface area contributed by atoms with Crippen molar-refractivity contribution in [2.24, 2.45) is 5.41 Å². The molecule has 27 heavy (non-hydrogen) atoms. The summed E-state index contributed by atoms with van der Waals surface area (Å²) >= 11 is 0. The van der Waals surface area contributed by atoms with E-state index in [1.54, 1.807) is 4.31 Å². The summed E-state index contributed by atoms with van der Waals surface area (Å²) in [5.41, 5.74) is 0.197. The zero-order chi connectivity index (χ0) is 19.1. The highest BCUT2D eigenvalue weighted by Crippen LogP contribution is 2.40. The van der Waals surface area contributed by atoms with E-state index in [4.69, 9.17) is 4.74 Å². The van der Waals surface area contributed by atoms with E-state index in [1.807, 2.05) is 4.90 Å². The summed E-state index contributed by atoms with van der Waals surface area (Å²) in [6.45, 7) is 7.85.